The average Bonchev–Trinajstić information content (AvgIpc) is 2.96. The zero-order valence-electron chi connectivity index (χ0n) is 13.2. The van der Waals surface area contributed by atoms with Crippen LogP contribution in [0.2, 0.25) is 0 Å². The molecule has 1 atom stereocenters. The second-order valence-corrected chi connectivity index (χ2v) is 6.14. The summed E-state index contributed by atoms with van der Waals surface area (Å²) in [5, 5.41) is 3.73. The summed E-state index contributed by atoms with van der Waals surface area (Å²) in [7, 11) is 1.78. The van der Waals surface area contributed by atoms with Gasteiger partial charge in [-0.2, -0.15) is 0 Å². The van der Waals surface area contributed by atoms with Crippen molar-refractivity contribution >= 4 is 0 Å². The number of methoxy groups -OCH3 is 1. The Hall–Kier alpha value is -1.02. The van der Waals surface area contributed by atoms with Crippen LogP contribution in [0, 0.1) is 12.8 Å². The Morgan fingerprint density at radius 3 is 2.70 bits per heavy atom. The lowest BCUT2D eigenvalue weighted by Crippen LogP contribution is -2.24. The van der Waals surface area contributed by atoms with Gasteiger partial charge in [0.1, 0.15) is 5.75 Å². The van der Waals surface area contributed by atoms with Crippen molar-refractivity contribution in [2.45, 2.75) is 58.4 Å². The minimum absolute atomic E-state index is 0.439. The second kappa shape index (κ2) is 7.68. The van der Waals surface area contributed by atoms with E-state index in [0.717, 1.165) is 18.2 Å². The van der Waals surface area contributed by atoms with Gasteiger partial charge in [-0.05, 0) is 43.9 Å². The number of rotatable bonds is 7. The highest BCUT2D eigenvalue weighted by Crippen LogP contribution is 2.36. The highest BCUT2D eigenvalue weighted by molar-refractivity contribution is 5.39. The van der Waals surface area contributed by atoms with Crippen molar-refractivity contribution in [3.63, 3.8) is 0 Å². The van der Waals surface area contributed by atoms with Crippen LogP contribution in [0.15, 0.2) is 18.2 Å². The first-order valence-corrected chi connectivity index (χ1v) is 8.12. The summed E-state index contributed by atoms with van der Waals surface area (Å²) in [6.07, 6.45) is 8.05. The molecule has 2 rings (SSSR count). The Kier molecular flexibility index (Phi) is 5.90. The molecule has 0 radical (unpaired) electrons. The molecule has 0 saturated heterocycles. The monoisotopic (exact) mass is 275 g/mol. The van der Waals surface area contributed by atoms with Crippen molar-refractivity contribution in [2.24, 2.45) is 5.92 Å². The Morgan fingerprint density at radius 2 is 2.05 bits per heavy atom. The summed E-state index contributed by atoms with van der Waals surface area (Å²) >= 11 is 0. The first kappa shape index (κ1) is 15.4. The molecule has 0 aliphatic heterocycles. The molecule has 1 unspecified atom stereocenters. The third-order valence-electron chi connectivity index (χ3n) is 4.45. The number of aryl methyl sites for hydroxylation is 1. The quantitative estimate of drug-likeness (QED) is 0.783. The third kappa shape index (κ3) is 3.99. The second-order valence-electron chi connectivity index (χ2n) is 6.14. The molecule has 0 aromatic heterocycles. The summed E-state index contributed by atoms with van der Waals surface area (Å²) in [6, 6.07) is 7.04. The van der Waals surface area contributed by atoms with E-state index in [9.17, 15) is 0 Å². The van der Waals surface area contributed by atoms with Gasteiger partial charge in [-0.25, -0.2) is 0 Å². The Bertz CT molecular complexity index is 410. The van der Waals surface area contributed by atoms with Crippen LogP contribution in [0.4, 0.5) is 0 Å². The smallest absolute Gasteiger partial charge is 0.123 e. The molecule has 112 valence electrons. The maximum Gasteiger partial charge on any atom is 0.123 e. The fraction of sp³-hybridized carbons (Fsp3) is 0.667. The van der Waals surface area contributed by atoms with E-state index in [-0.39, 0.29) is 0 Å². The average molecular weight is 275 g/mol. The fourth-order valence-corrected chi connectivity index (χ4v) is 3.32. The van der Waals surface area contributed by atoms with E-state index >= 15 is 0 Å². The molecule has 1 aromatic rings. The molecule has 0 amide bonds. The molecule has 1 N–H and O–H groups in total. The van der Waals surface area contributed by atoms with Crippen LogP contribution < -0.4 is 10.1 Å². The topological polar surface area (TPSA) is 21.3 Å². The van der Waals surface area contributed by atoms with Crippen LogP contribution in [-0.2, 0) is 0 Å². The van der Waals surface area contributed by atoms with Crippen LogP contribution >= 0.6 is 0 Å². The summed E-state index contributed by atoms with van der Waals surface area (Å²) < 4.78 is 5.61. The van der Waals surface area contributed by atoms with Crippen molar-refractivity contribution in [3.05, 3.63) is 29.3 Å². The molecule has 2 heteroatoms. The third-order valence-corrected chi connectivity index (χ3v) is 4.45. The minimum atomic E-state index is 0.439. The van der Waals surface area contributed by atoms with Crippen LogP contribution in [0.25, 0.3) is 0 Å². The SMILES string of the molecule is CCCNC(CC1CCCC1)c1ccc(C)cc1OC. The Labute approximate surface area is 123 Å². The molecule has 1 fully saturated rings. The molecule has 1 aromatic carbocycles. The van der Waals surface area contributed by atoms with Gasteiger partial charge >= 0.3 is 0 Å². The van der Waals surface area contributed by atoms with Gasteiger partial charge in [-0.3, -0.25) is 0 Å². The molecule has 1 aliphatic carbocycles. The van der Waals surface area contributed by atoms with Crippen molar-refractivity contribution in [3.8, 4) is 5.75 Å². The molecule has 0 spiro atoms. The highest BCUT2D eigenvalue weighted by atomic mass is 16.5. The predicted octanol–water partition coefficient (Wildman–Crippen LogP) is 4.62. The van der Waals surface area contributed by atoms with Gasteiger partial charge in [0.2, 0.25) is 0 Å². The summed E-state index contributed by atoms with van der Waals surface area (Å²) in [5.74, 6) is 1.92. The molecular formula is C18H29NO. The van der Waals surface area contributed by atoms with Gasteiger partial charge in [0.25, 0.3) is 0 Å². The summed E-state index contributed by atoms with van der Waals surface area (Å²) in [5.41, 5.74) is 2.60. The Balaban J connectivity index is 2.15. The molecule has 20 heavy (non-hydrogen) atoms. The van der Waals surface area contributed by atoms with Gasteiger partial charge in [0.15, 0.2) is 0 Å². The largest absolute Gasteiger partial charge is 0.496 e. The molecular weight excluding hydrogens is 246 g/mol. The lowest BCUT2D eigenvalue weighted by atomic mass is 9.92. The highest BCUT2D eigenvalue weighted by Gasteiger charge is 2.23. The van der Waals surface area contributed by atoms with Crippen molar-refractivity contribution in [1.82, 2.24) is 5.32 Å². The predicted molar refractivity (Wildman–Crippen MR) is 85.3 cm³/mol. The molecule has 0 heterocycles. The first-order chi connectivity index (χ1) is 9.74. The first-order valence-electron chi connectivity index (χ1n) is 8.12. The van der Waals surface area contributed by atoms with Crippen LogP contribution in [0.3, 0.4) is 0 Å². The van der Waals surface area contributed by atoms with E-state index < -0.39 is 0 Å². The number of hydrogen-bond acceptors (Lipinski definition) is 2. The van der Waals surface area contributed by atoms with Crippen LogP contribution in [-0.4, -0.2) is 13.7 Å². The van der Waals surface area contributed by atoms with Crippen molar-refractivity contribution in [2.75, 3.05) is 13.7 Å². The van der Waals surface area contributed by atoms with Gasteiger partial charge in [-0.1, -0.05) is 44.7 Å². The van der Waals surface area contributed by atoms with E-state index in [1.165, 1.54) is 49.7 Å². The molecule has 0 bridgehead atoms. The van der Waals surface area contributed by atoms with Crippen LogP contribution in [0.1, 0.15) is 62.6 Å². The molecule has 2 nitrogen and oxygen atoms in total. The number of ether oxygens (including phenoxy) is 1. The maximum atomic E-state index is 5.61. The van der Waals surface area contributed by atoms with E-state index in [2.05, 4.69) is 37.4 Å². The lowest BCUT2D eigenvalue weighted by Gasteiger charge is -2.24. The maximum absolute atomic E-state index is 5.61. The molecule has 1 aliphatic rings. The molecule has 1 saturated carbocycles. The minimum Gasteiger partial charge on any atom is -0.496 e. The zero-order chi connectivity index (χ0) is 14.4. The zero-order valence-corrected chi connectivity index (χ0v) is 13.2. The normalized spacial score (nSPS) is 17.4. The van der Waals surface area contributed by atoms with E-state index in [1.807, 2.05) is 0 Å². The van der Waals surface area contributed by atoms with Gasteiger partial charge in [-0.15, -0.1) is 0 Å². The number of benzene rings is 1. The number of hydrogen-bond donors (Lipinski definition) is 1. The standard InChI is InChI=1S/C18H29NO/c1-4-11-19-17(13-15-7-5-6-8-15)16-10-9-14(2)12-18(16)20-3/h9-10,12,15,17,19H,4-8,11,13H2,1-3H3. The summed E-state index contributed by atoms with van der Waals surface area (Å²) in [6.45, 7) is 5.43. The van der Waals surface area contributed by atoms with Crippen LogP contribution in [0.5, 0.6) is 5.75 Å². The van der Waals surface area contributed by atoms with E-state index in [0.29, 0.717) is 6.04 Å². The van der Waals surface area contributed by atoms with E-state index in [1.54, 1.807) is 7.11 Å². The number of nitrogens with one attached hydrogen (secondary N) is 1. The van der Waals surface area contributed by atoms with Crippen molar-refractivity contribution < 1.29 is 4.74 Å². The fourth-order valence-electron chi connectivity index (χ4n) is 3.32. The van der Waals surface area contributed by atoms with Gasteiger partial charge < -0.3 is 10.1 Å². The van der Waals surface area contributed by atoms with Crippen molar-refractivity contribution in [1.29, 1.82) is 0 Å². The Morgan fingerprint density at radius 1 is 1.30 bits per heavy atom. The lowest BCUT2D eigenvalue weighted by molar-refractivity contribution is 0.367. The van der Waals surface area contributed by atoms with Gasteiger partial charge in [0, 0.05) is 11.6 Å². The van der Waals surface area contributed by atoms with E-state index in [4.69, 9.17) is 4.74 Å². The van der Waals surface area contributed by atoms with Gasteiger partial charge in [0.05, 0.1) is 7.11 Å². The summed E-state index contributed by atoms with van der Waals surface area (Å²) in [4.78, 5) is 0.